The summed E-state index contributed by atoms with van der Waals surface area (Å²) in [5, 5.41) is 2.78. The number of ether oxygens (including phenoxy) is 3. The van der Waals surface area contributed by atoms with Crippen LogP contribution in [-0.2, 0) is 14.3 Å². The second-order valence-electron chi connectivity index (χ2n) is 5.52. The minimum Gasteiger partial charge on any atom is -0.493 e. The zero-order chi connectivity index (χ0) is 18.2. The lowest BCUT2D eigenvalue weighted by Gasteiger charge is -2.25. The average Bonchev–Trinajstić information content (AvgIpc) is 2.59. The number of methoxy groups -OCH3 is 1. The fourth-order valence-corrected chi connectivity index (χ4v) is 1.97. The van der Waals surface area contributed by atoms with Crippen molar-refractivity contribution >= 4 is 17.6 Å². The van der Waals surface area contributed by atoms with Gasteiger partial charge in [0.1, 0.15) is 16.9 Å². The Labute approximate surface area is 143 Å². The van der Waals surface area contributed by atoms with Crippen molar-refractivity contribution in [3.63, 3.8) is 0 Å². The molecule has 0 aliphatic heterocycles. The Kier molecular flexibility index (Phi) is 7.71. The summed E-state index contributed by atoms with van der Waals surface area (Å²) in [7, 11) is 1.49. The summed E-state index contributed by atoms with van der Waals surface area (Å²) in [5.41, 5.74) is -0.149. The van der Waals surface area contributed by atoms with Gasteiger partial charge in [-0.1, -0.05) is 13.8 Å². The lowest BCUT2D eigenvalue weighted by atomic mass is 10.0. The lowest BCUT2D eigenvalue weighted by molar-refractivity contribution is -0.136. The van der Waals surface area contributed by atoms with Gasteiger partial charge in [0.2, 0.25) is 0 Å². The van der Waals surface area contributed by atoms with Crippen LogP contribution in [0.25, 0.3) is 0 Å². The molecule has 0 aromatic heterocycles. The van der Waals surface area contributed by atoms with Gasteiger partial charge >= 0.3 is 5.97 Å². The second kappa shape index (κ2) is 9.27. The van der Waals surface area contributed by atoms with Gasteiger partial charge in [-0.2, -0.15) is 0 Å². The highest BCUT2D eigenvalue weighted by Gasteiger charge is 2.31. The maximum Gasteiger partial charge on any atom is 0.341 e. The van der Waals surface area contributed by atoms with E-state index in [1.165, 1.54) is 7.11 Å². The van der Waals surface area contributed by atoms with Crippen molar-refractivity contribution in [2.45, 2.75) is 46.1 Å². The van der Waals surface area contributed by atoms with Crippen molar-refractivity contribution in [3.05, 3.63) is 23.8 Å². The van der Waals surface area contributed by atoms with E-state index in [9.17, 15) is 9.59 Å². The highest BCUT2D eigenvalue weighted by molar-refractivity contribution is 5.99. The predicted molar refractivity (Wildman–Crippen MR) is 92.5 cm³/mol. The topological polar surface area (TPSA) is 73.9 Å². The fraction of sp³-hybridized carbons (Fsp3) is 0.556. The number of rotatable bonds is 9. The van der Waals surface area contributed by atoms with Crippen LogP contribution in [0.15, 0.2) is 18.2 Å². The molecule has 1 N–H and O–H groups in total. The van der Waals surface area contributed by atoms with Gasteiger partial charge in [0.05, 0.1) is 13.2 Å². The number of hydrogen-bond acceptors (Lipinski definition) is 5. The molecule has 0 aliphatic rings. The minimum absolute atomic E-state index is 0.264. The molecular weight excluding hydrogens is 310 g/mol. The summed E-state index contributed by atoms with van der Waals surface area (Å²) >= 11 is 0. The molecule has 0 aliphatic carbocycles. The molecule has 134 valence electrons. The molecule has 0 saturated heterocycles. The molecule has 1 aromatic rings. The number of nitrogens with one attached hydrogen (secondary N) is 1. The van der Waals surface area contributed by atoms with Crippen LogP contribution in [0.5, 0.6) is 5.75 Å². The smallest absolute Gasteiger partial charge is 0.341 e. The molecule has 1 amide bonds. The summed E-state index contributed by atoms with van der Waals surface area (Å²) in [5.74, 6) is -0.312. The Morgan fingerprint density at radius 1 is 1.21 bits per heavy atom. The molecule has 0 radical (unpaired) electrons. The van der Waals surface area contributed by atoms with E-state index >= 15 is 0 Å². The van der Waals surface area contributed by atoms with Crippen LogP contribution in [0.3, 0.4) is 0 Å². The molecule has 1 aromatic carbocycles. The third-order valence-electron chi connectivity index (χ3n) is 3.80. The van der Waals surface area contributed by atoms with E-state index in [2.05, 4.69) is 5.32 Å². The molecule has 0 bridgehead atoms. The first kappa shape index (κ1) is 20.0. The standard InChI is InChI=1S/C18H27NO5/c1-6-11-24-15-10-9-13(12-14(15)16(20)23-8-3)19-17(21)18(4,7-2)22-5/h9-10,12H,6-8,11H2,1-5H3,(H,19,21)/t18-/m1/s1. The van der Waals surface area contributed by atoms with Crippen molar-refractivity contribution in [3.8, 4) is 5.75 Å². The maximum absolute atomic E-state index is 12.4. The van der Waals surface area contributed by atoms with Gasteiger partial charge in [-0.05, 0) is 44.9 Å². The van der Waals surface area contributed by atoms with Crippen LogP contribution in [0.2, 0.25) is 0 Å². The van der Waals surface area contributed by atoms with Crippen LogP contribution in [0, 0.1) is 0 Å². The van der Waals surface area contributed by atoms with Gasteiger partial charge < -0.3 is 19.5 Å². The minimum atomic E-state index is -0.929. The number of benzene rings is 1. The first-order chi connectivity index (χ1) is 11.4. The Bertz CT molecular complexity index is 567. The molecule has 1 atom stereocenters. The zero-order valence-electron chi connectivity index (χ0n) is 15.1. The molecule has 6 heteroatoms. The van der Waals surface area contributed by atoms with Crippen molar-refractivity contribution < 1.29 is 23.8 Å². The highest BCUT2D eigenvalue weighted by atomic mass is 16.5. The van der Waals surface area contributed by atoms with E-state index < -0.39 is 11.6 Å². The predicted octanol–water partition coefficient (Wildman–Crippen LogP) is 3.41. The Morgan fingerprint density at radius 3 is 2.46 bits per heavy atom. The second-order valence-corrected chi connectivity index (χ2v) is 5.52. The number of anilines is 1. The largest absolute Gasteiger partial charge is 0.493 e. The monoisotopic (exact) mass is 337 g/mol. The molecular formula is C18H27NO5. The van der Waals surface area contributed by atoms with Crippen LogP contribution in [0.4, 0.5) is 5.69 Å². The summed E-state index contributed by atoms with van der Waals surface area (Å²) in [6.07, 6.45) is 1.35. The quantitative estimate of drug-likeness (QED) is 0.699. The van der Waals surface area contributed by atoms with Gasteiger partial charge in [-0.25, -0.2) is 4.79 Å². The Hall–Kier alpha value is -2.08. The normalized spacial score (nSPS) is 13.0. The van der Waals surface area contributed by atoms with Crippen molar-refractivity contribution in [1.82, 2.24) is 0 Å². The van der Waals surface area contributed by atoms with Crippen molar-refractivity contribution in [2.24, 2.45) is 0 Å². The highest BCUT2D eigenvalue weighted by Crippen LogP contribution is 2.25. The van der Waals surface area contributed by atoms with E-state index in [1.54, 1.807) is 32.0 Å². The molecule has 24 heavy (non-hydrogen) atoms. The molecule has 0 saturated carbocycles. The van der Waals surface area contributed by atoms with Crippen LogP contribution in [-0.4, -0.2) is 37.8 Å². The van der Waals surface area contributed by atoms with E-state index in [1.807, 2.05) is 13.8 Å². The van der Waals surface area contributed by atoms with Crippen molar-refractivity contribution in [2.75, 3.05) is 25.6 Å². The zero-order valence-corrected chi connectivity index (χ0v) is 15.1. The van der Waals surface area contributed by atoms with Crippen molar-refractivity contribution in [1.29, 1.82) is 0 Å². The first-order valence-corrected chi connectivity index (χ1v) is 8.22. The molecule has 0 spiro atoms. The number of carbonyl (C=O) groups is 2. The summed E-state index contributed by atoms with van der Waals surface area (Å²) in [4.78, 5) is 24.5. The fourth-order valence-electron chi connectivity index (χ4n) is 1.97. The third-order valence-corrected chi connectivity index (χ3v) is 3.80. The number of hydrogen-bond donors (Lipinski definition) is 1. The van der Waals surface area contributed by atoms with Gasteiger partial charge in [-0.3, -0.25) is 4.79 Å². The Balaban J connectivity index is 3.07. The Morgan fingerprint density at radius 2 is 1.92 bits per heavy atom. The third kappa shape index (κ3) is 4.96. The molecule has 6 nitrogen and oxygen atoms in total. The molecule has 1 rings (SSSR count). The first-order valence-electron chi connectivity index (χ1n) is 8.22. The van der Waals surface area contributed by atoms with E-state index in [-0.39, 0.29) is 12.5 Å². The number of esters is 1. The number of amides is 1. The summed E-state index contributed by atoms with van der Waals surface area (Å²) in [6, 6.07) is 4.91. The van der Waals surface area contributed by atoms with E-state index in [0.29, 0.717) is 30.0 Å². The molecule has 0 fully saturated rings. The van der Waals surface area contributed by atoms with Gasteiger partial charge in [0.15, 0.2) is 0 Å². The summed E-state index contributed by atoms with van der Waals surface area (Å²) < 4.78 is 15.9. The SMILES string of the molecule is CCCOc1ccc(NC(=O)[C@@](C)(CC)OC)cc1C(=O)OCC. The molecule has 0 heterocycles. The van der Waals surface area contributed by atoms with Crippen LogP contribution >= 0.6 is 0 Å². The molecule has 0 unspecified atom stereocenters. The van der Waals surface area contributed by atoms with E-state index in [4.69, 9.17) is 14.2 Å². The van der Waals surface area contributed by atoms with E-state index in [0.717, 1.165) is 6.42 Å². The van der Waals surface area contributed by atoms with Gasteiger partial charge in [0.25, 0.3) is 5.91 Å². The number of carbonyl (C=O) groups excluding carboxylic acids is 2. The lowest BCUT2D eigenvalue weighted by Crippen LogP contribution is -2.41. The van der Waals surface area contributed by atoms with Gasteiger partial charge in [-0.15, -0.1) is 0 Å². The average molecular weight is 337 g/mol. The van der Waals surface area contributed by atoms with Crippen LogP contribution in [0.1, 0.15) is 50.9 Å². The summed E-state index contributed by atoms with van der Waals surface area (Å²) in [6.45, 7) is 8.06. The van der Waals surface area contributed by atoms with Crippen LogP contribution < -0.4 is 10.1 Å². The maximum atomic E-state index is 12.4. The van der Waals surface area contributed by atoms with Gasteiger partial charge in [0, 0.05) is 12.8 Å².